The van der Waals surface area contributed by atoms with Crippen molar-refractivity contribution in [2.75, 3.05) is 18.4 Å². The molecule has 1 heterocycles. The van der Waals surface area contributed by atoms with Crippen LogP contribution in [0.5, 0.6) is 0 Å². The van der Waals surface area contributed by atoms with E-state index in [0.29, 0.717) is 13.1 Å². The molecule has 4 nitrogen and oxygen atoms in total. The molecule has 102 valence electrons. The third kappa shape index (κ3) is 3.68. The number of nitrogens with zero attached hydrogens (tertiary/aromatic N) is 1. The van der Waals surface area contributed by atoms with Crippen molar-refractivity contribution >= 4 is 40.1 Å². The van der Waals surface area contributed by atoms with E-state index in [9.17, 15) is 9.59 Å². The zero-order valence-corrected chi connectivity index (χ0v) is 13.0. The minimum Gasteiger partial charge on any atom is -0.343 e. The van der Waals surface area contributed by atoms with Crippen molar-refractivity contribution < 1.29 is 9.59 Å². The second kappa shape index (κ2) is 6.36. The highest BCUT2D eigenvalue weighted by atomic mass is 127. The minimum atomic E-state index is 0.00612. The molecule has 1 N–H and O–H groups in total. The van der Waals surface area contributed by atoms with Gasteiger partial charge in [0.05, 0.1) is 5.69 Å². The van der Waals surface area contributed by atoms with Crippen molar-refractivity contribution in [2.24, 2.45) is 5.92 Å². The van der Waals surface area contributed by atoms with Crippen LogP contribution in [-0.2, 0) is 9.59 Å². The van der Waals surface area contributed by atoms with Gasteiger partial charge in [-0.25, -0.2) is 0 Å². The summed E-state index contributed by atoms with van der Waals surface area (Å²) < 4.78 is 1.04. The maximum Gasteiger partial charge on any atom is 0.227 e. The molecule has 0 aromatic heterocycles. The lowest BCUT2D eigenvalue weighted by Gasteiger charge is -2.30. The number of carbonyl (C=O) groups is 2. The Bertz CT molecular complexity index is 482. The minimum absolute atomic E-state index is 0.00612. The molecule has 1 aliphatic heterocycles. The standard InChI is InChI=1S/C14H17IN2O2/c1-10(18)17-8-6-11(7-9-17)14(19)16-13-5-3-2-4-12(13)15/h2-5,11H,6-9H2,1H3,(H,16,19). The van der Waals surface area contributed by atoms with Gasteiger partial charge >= 0.3 is 0 Å². The van der Waals surface area contributed by atoms with Gasteiger partial charge in [0, 0.05) is 29.5 Å². The second-order valence-corrected chi connectivity index (χ2v) is 5.91. The molecule has 1 aromatic carbocycles. The summed E-state index contributed by atoms with van der Waals surface area (Å²) in [5.41, 5.74) is 0.863. The van der Waals surface area contributed by atoms with Crippen molar-refractivity contribution in [2.45, 2.75) is 19.8 Å². The molecule has 19 heavy (non-hydrogen) atoms. The summed E-state index contributed by atoms with van der Waals surface area (Å²) in [6, 6.07) is 7.73. The number of piperidine rings is 1. The SMILES string of the molecule is CC(=O)N1CCC(C(=O)Nc2ccccc2I)CC1. The van der Waals surface area contributed by atoms with Crippen LogP contribution >= 0.6 is 22.6 Å². The third-order valence-electron chi connectivity index (χ3n) is 3.44. The third-order valence-corrected chi connectivity index (χ3v) is 4.38. The molecule has 2 rings (SSSR count). The van der Waals surface area contributed by atoms with Gasteiger partial charge in [-0.2, -0.15) is 0 Å². The van der Waals surface area contributed by atoms with Gasteiger partial charge in [-0.05, 0) is 47.6 Å². The maximum absolute atomic E-state index is 12.2. The van der Waals surface area contributed by atoms with E-state index >= 15 is 0 Å². The number of para-hydroxylation sites is 1. The quantitative estimate of drug-likeness (QED) is 0.812. The van der Waals surface area contributed by atoms with Gasteiger partial charge in [0.2, 0.25) is 11.8 Å². The number of carbonyl (C=O) groups excluding carboxylic acids is 2. The average Bonchev–Trinajstić information content (AvgIpc) is 2.41. The van der Waals surface area contributed by atoms with Crippen molar-refractivity contribution in [3.05, 3.63) is 27.8 Å². The Morgan fingerprint density at radius 2 is 1.89 bits per heavy atom. The summed E-state index contributed by atoms with van der Waals surface area (Å²) in [5, 5.41) is 2.97. The Morgan fingerprint density at radius 3 is 2.47 bits per heavy atom. The first kappa shape index (κ1) is 14.3. The van der Waals surface area contributed by atoms with Crippen molar-refractivity contribution in [3.63, 3.8) is 0 Å². The average molecular weight is 372 g/mol. The van der Waals surface area contributed by atoms with Gasteiger partial charge < -0.3 is 10.2 Å². The van der Waals surface area contributed by atoms with Crippen molar-refractivity contribution in [1.82, 2.24) is 4.90 Å². The first-order chi connectivity index (χ1) is 9.08. The van der Waals surface area contributed by atoms with E-state index < -0.39 is 0 Å². The number of nitrogens with one attached hydrogen (secondary N) is 1. The molecule has 5 heteroatoms. The predicted octanol–water partition coefficient (Wildman–Crippen LogP) is 2.49. The first-order valence-electron chi connectivity index (χ1n) is 6.39. The molecule has 0 saturated carbocycles. The van der Waals surface area contributed by atoms with E-state index in [2.05, 4.69) is 27.9 Å². The van der Waals surface area contributed by atoms with Gasteiger partial charge in [0.15, 0.2) is 0 Å². The molecule has 1 aliphatic rings. The van der Waals surface area contributed by atoms with Crippen LogP contribution in [0.1, 0.15) is 19.8 Å². The Hall–Kier alpha value is -1.11. The molecule has 1 fully saturated rings. The highest BCUT2D eigenvalue weighted by Crippen LogP contribution is 2.22. The van der Waals surface area contributed by atoms with Crippen molar-refractivity contribution in [1.29, 1.82) is 0 Å². The zero-order valence-electron chi connectivity index (χ0n) is 10.9. The van der Waals surface area contributed by atoms with Crippen LogP contribution in [0.15, 0.2) is 24.3 Å². The van der Waals surface area contributed by atoms with E-state index in [1.807, 2.05) is 24.3 Å². The summed E-state index contributed by atoms with van der Waals surface area (Å²) in [4.78, 5) is 25.2. The molecule has 0 unspecified atom stereocenters. The molecular weight excluding hydrogens is 355 g/mol. The Balaban J connectivity index is 1.92. The predicted molar refractivity (Wildman–Crippen MR) is 82.8 cm³/mol. The normalized spacial score (nSPS) is 16.2. The Labute approximate surface area is 126 Å². The summed E-state index contributed by atoms with van der Waals surface area (Å²) in [6.45, 7) is 2.94. The molecule has 0 bridgehead atoms. The van der Waals surface area contributed by atoms with E-state index in [1.54, 1.807) is 11.8 Å². The van der Waals surface area contributed by atoms with Crippen LogP contribution in [0.4, 0.5) is 5.69 Å². The van der Waals surface area contributed by atoms with Crippen LogP contribution in [0.25, 0.3) is 0 Å². The highest BCUT2D eigenvalue weighted by molar-refractivity contribution is 14.1. The molecule has 0 spiro atoms. The van der Waals surface area contributed by atoms with E-state index in [0.717, 1.165) is 22.1 Å². The van der Waals surface area contributed by atoms with Gasteiger partial charge in [-0.3, -0.25) is 9.59 Å². The topological polar surface area (TPSA) is 49.4 Å². The molecule has 0 radical (unpaired) electrons. The number of anilines is 1. The van der Waals surface area contributed by atoms with Gasteiger partial charge in [-0.1, -0.05) is 12.1 Å². The summed E-state index contributed by atoms with van der Waals surface area (Å²) in [5.74, 6) is 0.162. The fraction of sp³-hybridized carbons (Fsp3) is 0.429. The molecule has 1 saturated heterocycles. The monoisotopic (exact) mass is 372 g/mol. The molecular formula is C14H17IN2O2. The van der Waals surface area contributed by atoms with Gasteiger partial charge in [0.1, 0.15) is 0 Å². The van der Waals surface area contributed by atoms with E-state index in [1.165, 1.54) is 0 Å². The Morgan fingerprint density at radius 1 is 1.26 bits per heavy atom. The number of likely N-dealkylation sites (tertiary alicyclic amines) is 1. The fourth-order valence-corrected chi connectivity index (χ4v) is 2.78. The number of halogens is 1. The Kier molecular flexibility index (Phi) is 4.79. The largest absolute Gasteiger partial charge is 0.343 e. The number of amides is 2. The van der Waals surface area contributed by atoms with Crippen molar-refractivity contribution in [3.8, 4) is 0 Å². The maximum atomic E-state index is 12.2. The number of hydrogen-bond acceptors (Lipinski definition) is 2. The van der Waals surface area contributed by atoms with Crippen LogP contribution < -0.4 is 5.32 Å². The van der Waals surface area contributed by atoms with E-state index in [4.69, 9.17) is 0 Å². The molecule has 2 amide bonds. The number of rotatable bonds is 2. The molecule has 0 atom stereocenters. The zero-order chi connectivity index (χ0) is 13.8. The lowest BCUT2D eigenvalue weighted by atomic mass is 9.96. The van der Waals surface area contributed by atoms with Crippen LogP contribution in [-0.4, -0.2) is 29.8 Å². The lowest BCUT2D eigenvalue weighted by molar-refractivity contribution is -0.132. The number of hydrogen-bond donors (Lipinski definition) is 1. The lowest BCUT2D eigenvalue weighted by Crippen LogP contribution is -2.40. The molecule has 0 aliphatic carbocycles. The van der Waals surface area contributed by atoms with E-state index in [-0.39, 0.29) is 17.7 Å². The van der Waals surface area contributed by atoms with Crippen LogP contribution in [0.3, 0.4) is 0 Å². The molecule has 1 aromatic rings. The number of benzene rings is 1. The summed E-state index contributed by atoms with van der Waals surface area (Å²) >= 11 is 2.21. The van der Waals surface area contributed by atoms with Crippen LogP contribution in [0.2, 0.25) is 0 Å². The summed E-state index contributed by atoms with van der Waals surface area (Å²) in [6.07, 6.45) is 1.49. The smallest absolute Gasteiger partial charge is 0.227 e. The first-order valence-corrected chi connectivity index (χ1v) is 7.46. The highest BCUT2D eigenvalue weighted by Gasteiger charge is 2.26. The second-order valence-electron chi connectivity index (χ2n) is 4.75. The van der Waals surface area contributed by atoms with Gasteiger partial charge in [-0.15, -0.1) is 0 Å². The summed E-state index contributed by atoms with van der Waals surface area (Å²) in [7, 11) is 0. The fourth-order valence-electron chi connectivity index (χ4n) is 2.25. The van der Waals surface area contributed by atoms with Gasteiger partial charge in [0.25, 0.3) is 0 Å². The van der Waals surface area contributed by atoms with Crippen LogP contribution in [0, 0.1) is 9.49 Å².